The van der Waals surface area contributed by atoms with Gasteiger partial charge in [0.2, 0.25) is 5.95 Å². The van der Waals surface area contributed by atoms with Gasteiger partial charge in [-0.1, -0.05) is 48.5 Å². The van der Waals surface area contributed by atoms with Crippen LogP contribution in [-0.4, -0.2) is 15.5 Å². The molecule has 0 saturated heterocycles. The van der Waals surface area contributed by atoms with E-state index in [1.165, 1.54) is 11.1 Å². The Morgan fingerprint density at radius 1 is 0.808 bits per heavy atom. The summed E-state index contributed by atoms with van der Waals surface area (Å²) < 4.78 is 0. The van der Waals surface area contributed by atoms with E-state index in [0.29, 0.717) is 5.95 Å². The van der Waals surface area contributed by atoms with Crippen LogP contribution in [0.15, 0.2) is 54.6 Å². The Labute approximate surface area is 155 Å². The molecule has 0 fully saturated rings. The zero-order valence-corrected chi connectivity index (χ0v) is 16.1. The molecule has 0 amide bonds. The van der Waals surface area contributed by atoms with E-state index in [1.807, 2.05) is 24.3 Å². The van der Waals surface area contributed by atoms with Crippen LogP contribution in [0.4, 0.5) is 17.5 Å². The SMILES string of the molecule is Cc1cccc(C)c1Nc1cc(-c2ccccc2)nc(NC(C)(C)C)n1. The van der Waals surface area contributed by atoms with Gasteiger partial charge in [0.05, 0.1) is 5.69 Å². The fourth-order valence-corrected chi connectivity index (χ4v) is 2.80. The van der Waals surface area contributed by atoms with Crippen molar-refractivity contribution in [3.8, 4) is 11.3 Å². The molecular formula is C22H26N4. The number of aromatic nitrogens is 2. The van der Waals surface area contributed by atoms with Gasteiger partial charge in [-0.2, -0.15) is 4.98 Å². The highest BCUT2D eigenvalue weighted by Crippen LogP contribution is 2.27. The normalized spacial score (nSPS) is 11.3. The highest BCUT2D eigenvalue weighted by Gasteiger charge is 2.14. The summed E-state index contributed by atoms with van der Waals surface area (Å²) in [6, 6.07) is 18.4. The van der Waals surface area contributed by atoms with Crippen molar-refractivity contribution in [2.45, 2.75) is 40.2 Å². The molecule has 134 valence electrons. The summed E-state index contributed by atoms with van der Waals surface area (Å²) in [5, 5.41) is 6.87. The van der Waals surface area contributed by atoms with Crippen molar-refractivity contribution in [2.75, 3.05) is 10.6 Å². The summed E-state index contributed by atoms with van der Waals surface area (Å²) in [5.74, 6) is 1.40. The molecule has 26 heavy (non-hydrogen) atoms. The Hall–Kier alpha value is -2.88. The number of para-hydroxylation sites is 1. The van der Waals surface area contributed by atoms with E-state index in [0.717, 1.165) is 22.8 Å². The third kappa shape index (κ3) is 4.39. The topological polar surface area (TPSA) is 49.8 Å². The van der Waals surface area contributed by atoms with Gasteiger partial charge in [0.1, 0.15) is 5.82 Å². The van der Waals surface area contributed by atoms with E-state index in [1.54, 1.807) is 0 Å². The van der Waals surface area contributed by atoms with Gasteiger partial charge in [-0.3, -0.25) is 0 Å². The number of rotatable bonds is 4. The fourth-order valence-electron chi connectivity index (χ4n) is 2.80. The van der Waals surface area contributed by atoms with Crippen molar-refractivity contribution in [2.24, 2.45) is 0 Å². The Morgan fingerprint density at radius 3 is 2.08 bits per heavy atom. The second kappa shape index (κ2) is 7.16. The van der Waals surface area contributed by atoms with E-state index < -0.39 is 0 Å². The summed E-state index contributed by atoms with van der Waals surface area (Å²) in [5.41, 5.74) is 5.31. The Morgan fingerprint density at radius 2 is 1.46 bits per heavy atom. The number of benzene rings is 2. The van der Waals surface area contributed by atoms with Crippen LogP contribution < -0.4 is 10.6 Å². The number of aryl methyl sites for hydroxylation is 2. The monoisotopic (exact) mass is 346 g/mol. The lowest BCUT2D eigenvalue weighted by molar-refractivity contribution is 0.626. The minimum Gasteiger partial charge on any atom is -0.350 e. The Kier molecular flexibility index (Phi) is 4.94. The van der Waals surface area contributed by atoms with Crippen LogP contribution in [0.1, 0.15) is 31.9 Å². The summed E-state index contributed by atoms with van der Waals surface area (Å²) in [4.78, 5) is 9.40. The highest BCUT2D eigenvalue weighted by atomic mass is 15.2. The van der Waals surface area contributed by atoms with Crippen LogP contribution in [-0.2, 0) is 0 Å². The standard InChI is InChI=1S/C22H26N4/c1-15-10-9-11-16(2)20(15)24-19-14-18(17-12-7-6-8-13-17)23-21(25-19)26-22(3,4)5/h6-14H,1-5H3,(H2,23,24,25,26). The molecule has 2 aromatic carbocycles. The largest absolute Gasteiger partial charge is 0.350 e. The first kappa shape index (κ1) is 17.9. The van der Waals surface area contributed by atoms with Crippen LogP contribution in [0.3, 0.4) is 0 Å². The summed E-state index contributed by atoms with van der Waals surface area (Å²) in [7, 11) is 0. The predicted molar refractivity (Wildman–Crippen MR) is 110 cm³/mol. The van der Waals surface area contributed by atoms with Crippen LogP contribution in [0.5, 0.6) is 0 Å². The average Bonchev–Trinajstić information content (AvgIpc) is 2.57. The second-order valence-corrected chi connectivity index (χ2v) is 7.59. The lowest BCUT2D eigenvalue weighted by Crippen LogP contribution is -2.27. The third-order valence-corrected chi connectivity index (χ3v) is 4.02. The van der Waals surface area contributed by atoms with E-state index in [-0.39, 0.29) is 5.54 Å². The lowest BCUT2D eigenvalue weighted by atomic mass is 10.1. The highest BCUT2D eigenvalue weighted by molar-refractivity contribution is 5.70. The molecule has 1 heterocycles. The van der Waals surface area contributed by atoms with Crippen LogP contribution >= 0.6 is 0 Å². The number of hydrogen-bond donors (Lipinski definition) is 2. The maximum atomic E-state index is 4.71. The van der Waals surface area contributed by atoms with Crippen molar-refractivity contribution in [3.05, 3.63) is 65.7 Å². The van der Waals surface area contributed by atoms with Crippen molar-refractivity contribution >= 4 is 17.5 Å². The quantitative estimate of drug-likeness (QED) is 0.635. The van der Waals surface area contributed by atoms with Crippen LogP contribution in [0.25, 0.3) is 11.3 Å². The number of nitrogens with one attached hydrogen (secondary N) is 2. The van der Waals surface area contributed by atoms with Gasteiger partial charge >= 0.3 is 0 Å². The molecule has 1 aromatic heterocycles. The van der Waals surface area contributed by atoms with Crippen molar-refractivity contribution in [1.82, 2.24) is 9.97 Å². The van der Waals surface area contributed by atoms with Crippen molar-refractivity contribution < 1.29 is 0 Å². The Balaban J connectivity index is 2.05. The average molecular weight is 346 g/mol. The van der Waals surface area contributed by atoms with E-state index in [2.05, 4.69) is 80.6 Å². The molecule has 0 spiro atoms. The molecule has 0 aliphatic carbocycles. The number of anilines is 3. The number of nitrogens with zero attached hydrogens (tertiary/aromatic N) is 2. The molecule has 4 nitrogen and oxygen atoms in total. The zero-order chi connectivity index (χ0) is 18.7. The van der Waals surface area contributed by atoms with Gasteiger partial charge in [-0.15, -0.1) is 0 Å². The summed E-state index contributed by atoms with van der Waals surface area (Å²) in [6.07, 6.45) is 0. The van der Waals surface area contributed by atoms with Gasteiger partial charge in [-0.05, 0) is 45.7 Å². The first-order valence-corrected chi connectivity index (χ1v) is 8.88. The molecule has 0 radical (unpaired) electrons. The summed E-state index contributed by atoms with van der Waals surface area (Å²) in [6.45, 7) is 10.5. The first-order chi connectivity index (χ1) is 12.3. The molecule has 0 atom stereocenters. The molecule has 0 bridgehead atoms. The van der Waals surface area contributed by atoms with Crippen molar-refractivity contribution in [1.29, 1.82) is 0 Å². The summed E-state index contributed by atoms with van der Waals surface area (Å²) >= 11 is 0. The van der Waals surface area contributed by atoms with E-state index in [4.69, 9.17) is 4.98 Å². The minimum atomic E-state index is -0.120. The molecule has 3 aromatic rings. The zero-order valence-electron chi connectivity index (χ0n) is 16.1. The Bertz CT molecular complexity index is 876. The first-order valence-electron chi connectivity index (χ1n) is 8.88. The van der Waals surface area contributed by atoms with Gasteiger partial charge in [0.25, 0.3) is 0 Å². The van der Waals surface area contributed by atoms with Crippen molar-refractivity contribution in [3.63, 3.8) is 0 Å². The van der Waals surface area contributed by atoms with Crippen LogP contribution in [0.2, 0.25) is 0 Å². The molecule has 0 aliphatic heterocycles. The maximum Gasteiger partial charge on any atom is 0.225 e. The second-order valence-electron chi connectivity index (χ2n) is 7.59. The minimum absolute atomic E-state index is 0.120. The molecule has 3 rings (SSSR count). The van der Waals surface area contributed by atoms with E-state index >= 15 is 0 Å². The number of hydrogen-bond acceptors (Lipinski definition) is 4. The molecule has 0 saturated carbocycles. The van der Waals surface area contributed by atoms with Gasteiger partial charge in [-0.25, -0.2) is 4.98 Å². The molecule has 0 unspecified atom stereocenters. The molecular weight excluding hydrogens is 320 g/mol. The van der Waals surface area contributed by atoms with E-state index in [9.17, 15) is 0 Å². The van der Waals surface area contributed by atoms with Gasteiger partial charge in [0, 0.05) is 22.9 Å². The lowest BCUT2D eigenvalue weighted by Gasteiger charge is -2.22. The van der Waals surface area contributed by atoms with Crippen LogP contribution in [0, 0.1) is 13.8 Å². The maximum absolute atomic E-state index is 4.71. The fraction of sp³-hybridized carbons (Fsp3) is 0.273. The van der Waals surface area contributed by atoms with Gasteiger partial charge < -0.3 is 10.6 Å². The predicted octanol–water partition coefficient (Wildman–Crippen LogP) is 5.71. The molecule has 4 heteroatoms. The molecule has 0 aliphatic rings. The molecule has 2 N–H and O–H groups in total. The smallest absolute Gasteiger partial charge is 0.225 e. The third-order valence-electron chi connectivity index (χ3n) is 4.02. The van der Waals surface area contributed by atoms with Gasteiger partial charge in [0.15, 0.2) is 0 Å².